The van der Waals surface area contributed by atoms with Crippen molar-refractivity contribution in [1.29, 1.82) is 0 Å². The highest BCUT2D eigenvalue weighted by Crippen LogP contribution is 2.42. The fourth-order valence-electron chi connectivity index (χ4n) is 4.13. The van der Waals surface area contributed by atoms with E-state index in [-0.39, 0.29) is 17.9 Å². The van der Waals surface area contributed by atoms with Crippen LogP contribution >= 0.6 is 0 Å². The van der Waals surface area contributed by atoms with Gasteiger partial charge in [0.2, 0.25) is 0 Å². The van der Waals surface area contributed by atoms with Crippen molar-refractivity contribution < 1.29 is 28.6 Å². The number of aliphatic hydroxyl groups is 1. The molecule has 1 heterocycles. The summed E-state index contributed by atoms with van der Waals surface area (Å²) >= 11 is 0. The molecule has 1 aliphatic rings. The van der Waals surface area contributed by atoms with Crippen molar-refractivity contribution in [3.8, 4) is 11.5 Å². The first-order valence-corrected chi connectivity index (χ1v) is 10.7. The van der Waals surface area contributed by atoms with E-state index in [4.69, 9.17) is 9.47 Å². The van der Waals surface area contributed by atoms with Crippen LogP contribution in [-0.2, 0) is 11.2 Å². The van der Waals surface area contributed by atoms with E-state index < -0.39 is 23.5 Å². The highest BCUT2D eigenvalue weighted by Gasteiger charge is 2.44. The number of benzene rings is 3. The van der Waals surface area contributed by atoms with Crippen LogP contribution in [0.1, 0.15) is 27.5 Å². The molecule has 6 nitrogen and oxygen atoms in total. The summed E-state index contributed by atoms with van der Waals surface area (Å²) in [4.78, 5) is 28.1. The van der Waals surface area contributed by atoms with Crippen LogP contribution in [0.4, 0.5) is 4.39 Å². The van der Waals surface area contributed by atoms with Crippen LogP contribution in [0.25, 0.3) is 0 Å². The molecular formula is C27H24FNO5. The minimum Gasteiger partial charge on any atom is -0.503 e. The number of amides is 1. The third-order valence-corrected chi connectivity index (χ3v) is 5.89. The molecule has 0 spiro atoms. The van der Waals surface area contributed by atoms with Crippen molar-refractivity contribution in [2.24, 2.45) is 0 Å². The molecule has 0 fully saturated rings. The van der Waals surface area contributed by atoms with Gasteiger partial charge in [-0.05, 0) is 54.4 Å². The fraction of sp³-hybridized carbons (Fsp3) is 0.185. The van der Waals surface area contributed by atoms with Gasteiger partial charge in [-0.3, -0.25) is 9.59 Å². The molecule has 4 rings (SSSR count). The number of halogens is 1. The van der Waals surface area contributed by atoms with E-state index >= 15 is 0 Å². The smallest absolute Gasteiger partial charge is 0.290 e. The van der Waals surface area contributed by atoms with E-state index in [1.165, 1.54) is 31.3 Å². The summed E-state index contributed by atoms with van der Waals surface area (Å²) < 4.78 is 24.0. The maximum atomic E-state index is 13.5. The van der Waals surface area contributed by atoms with Gasteiger partial charge in [-0.15, -0.1) is 0 Å². The van der Waals surface area contributed by atoms with Crippen LogP contribution in [0.15, 0.2) is 84.1 Å². The second-order valence-electron chi connectivity index (χ2n) is 7.84. The van der Waals surface area contributed by atoms with Crippen LogP contribution in [0, 0.1) is 5.82 Å². The molecule has 0 aliphatic carbocycles. The summed E-state index contributed by atoms with van der Waals surface area (Å²) in [6.07, 6.45) is 0.412. The first-order chi connectivity index (χ1) is 16.4. The standard InChI is InChI=1S/C27H24FNO5/c1-33-20-13-9-18(10-14-20)25(30)23-24(21-5-3-4-6-22(21)34-2)29(27(32)26(23)31)16-15-17-7-11-19(28)12-8-17/h3-14,24,31H,15-16H2,1-2H3. The van der Waals surface area contributed by atoms with E-state index in [1.807, 2.05) is 0 Å². The van der Waals surface area contributed by atoms with Crippen molar-refractivity contribution in [2.45, 2.75) is 12.5 Å². The van der Waals surface area contributed by atoms with Crippen molar-refractivity contribution >= 4 is 11.7 Å². The number of carbonyl (C=O) groups is 2. The Kier molecular flexibility index (Phi) is 6.63. The van der Waals surface area contributed by atoms with Gasteiger partial charge in [0.05, 0.1) is 25.8 Å². The zero-order valence-corrected chi connectivity index (χ0v) is 18.8. The second-order valence-corrected chi connectivity index (χ2v) is 7.84. The molecule has 0 bridgehead atoms. The summed E-state index contributed by atoms with van der Waals surface area (Å²) in [5, 5.41) is 10.8. The molecule has 3 aromatic carbocycles. The Bertz CT molecular complexity index is 1230. The molecule has 0 radical (unpaired) electrons. The summed E-state index contributed by atoms with van der Waals surface area (Å²) in [6, 6.07) is 18.7. The predicted octanol–water partition coefficient (Wildman–Crippen LogP) is 4.66. The average Bonchev–Trinajstić information content (AvgIpc) is 3.12. The maximum Gasteiger partial charge on any atom is 0.290 e. The molecule has 1 atom stereocenters. The Balaban J connectivity index is 1.74. The average molecular weight is 461 g/mol. The number of ether oxygens (including phenoxy) is 2. The van der Waals surface area contributed by atoms with Crippen molar-refractivity contribution in [1.82, 2.24) is 4.90 Å². The molecule has 0 saturated carbocycles. The van der Waals surface area contributed by atoms with Crippen molar-refractivity contribution in [2.75, 3.05) is 20.8 Å². The van der Waals surface area contributed by atoms with E-state index in [0.717, 1.165) is 5.56 Å². The number of Topliss-reactive ketones (excluding diaryl/α,β-unsaturated/α-hetero) is 1. The van der Waals surface area contributed by atoms with E-state index in [0.29, 0.717) is 29.0 Å². The van der Waals surface area contributed by atoms with Gasteiger partial charge >= 0.3 is 0 Å². The number of rotatable bonds is 8. The van der Waals surface area contributed by atoms with Crippen LogP contribution in [0.2, 0.25) is 0 Å². The van der Waals surface area contributed by atoms with E-state index in [2.05, 4.69) is 0 Å². The van der Waals surface area contributed by atoms with Crippen molar-refractivity contribution in [3.05, 3.63) is 107 Å². The Morgan fingerprint density at radius 2 is 1.65 bits per heavy atom. The lowest BCUT2D eigenvalue weighted by molar-refractivity contribution is -0.129. The molecule has 1 amide bonds. The molecule has 1 aliphatic heterocycles. The highest BCUT2D eigenvalue weighted by molar-refractivity contribution is 6.16. The Labute approximate surface area is 196 Å². The van der Waals surface area contributed by atoms with Gasteiger partial charge < -0.3 is 19.5 Å². The van der Waals surface area contributed by atoms with Gasteiger partial charge in [-0.25, -0.2) is 4.39 Å². The van der Waals surface area contributed by atoms with E-state index in [1.54, 1.807) is 60.7 Å². The van der Waals surface area contributed by atoms with Gasteiger partial charge in [0.1, 0.15) is 17.3 Å². The lowest BCUT2D eigenvalue weighted by atomic mass is 9.92. The monoisotopic (exact) mass is 461 g/mol. The number of hydrogen-bond acceptors (Lipinski definition) is 5. The van der Waals surface area contributed by atoms with Gasteiger partial charge in [0.15, 0.2) is 11.5 Å². The summed E-state index contributed by atoms with van der Waals surface area (Å²) in [5.41, 5.74) is 1.70. The lowest BCUT2D eigenvalue weighted by Crippen LogP contribution is -2.33. The highest BCUT2D eigenvalue weighted by atomic mass is 19.1. The fourth-order valence-corrected chi connectivity index (χ4v) is 4.13. The van der Waals surface area contributed by atoms with Gasteiger partial charge in [0, 0.05) is 17.7 Å². The molecule has 0 saturated heterocycles. The van der Waals surface area contributed by atoms with Crippen LogP contribution in [0.3, 0.4) is 0 Å². The summed E-state index contributed by atoms with van der Waals surface area (Å²) in [6.45, 7) is 0.205. The third-order valence-electron chi connectivity index (χ3n) is 5.89. The molecular weight excluding hydrogens is 437 g/mol. The van der Waals surface area contributed by atoms with Crippen molar-refractivity contribution in [3.63, 3.8) is 0 Å². The Morgan fingerprint density at radius 1 is 0.971 bits per heavy atom. The number of ketones is 1. The van der Waals surface area contributed by atoms with Gasteiger partial charge in [-0.1, -0.05) is 30.3 Å². The number of hydrogen-bond donors (Lipinski definition) is 1. The largest absolute Gasteiger partial charge is 0.503 e. The van der Waals surface area contributed by atoms with Gasteiger partial charge in [-0.2, -0.15) is 0 Å². The topological polar surface area (TPSA) is 76.1 Å². The number of carbonyl (C=O) groups excluding carboxylic acids is 2. The maximum absolute atomic E-state index is 13.5. The predicted molar refractivity (Wildman–Crippen MR) is 125 cm³/mol. The molecule has 174 valence electrons. The second kappa shape index (κ2) is 9.79. The lowest BCUT2D eigenvalue weighted by Gasteiger charge is -2.28. The Morgan fingerprint density at radius 3 is 2.29 bits per heavy atom. The first kappa shape index (κ1) is 23.0. The number of nitrogens with zero attached hydrogens (tertiary/aromatic N) is 1. The molecule has 1 N–H and O–H groups in total. The number of aliphatic hydroxyl groups excluding tert-OH is 1. The Hall–Kier alpha value is -4.13. The minimum absolute atomic E-state index is 0.0150. The molecule has 1 unspecified atom stereocenters. The third kappa shape index (κ3) is 4.37. The number of para-hydroxylation sites is 1. The minimum atomic E-state index is -0.848. The van der Waals surface area contributed by atoms with Crippen LogP contribution < -0.4 is 9.47 Å². The molecule has 3 aromatic rings. The molecule has 7 heteroatoms. The zero-order valence-electron chi connectivity index (χ0n) is 18.8. The normalized spacial score (nSPS) is 15.6. The van der Waals surface area contributed by atoms with Crippen LogP contribution in [-0.4, -0.2) is 42.5 Å². The van der Waals surface area contributed by atoms with Crippen LogP contribution in [0.5, 0.6) is 11.5 Å². The number of methoxy groups -OCH3 is 2. The molecule has 0 aromatic heterocycles. The summed E-state index contributed by atoms with van der Waals surface area (Å²) in [7, 11) is 3.03. The first-order valence-electron chi connectivity index (χ1n) is 10.7. The quantitative estimate of drug-likeness (QED) is 0.494. The van der Waals surface area contributed by atoms with Gasteiger partial charge in [0.25, 0.3) is 5.91 Å². The van der Waals surface area contributed by atoms with E-state index in [9.17, 15) is 19.1 Å². The summed E-state index contributed by atoms with van der Waals surface area (Å²) in [5.74, 6) is -0.972. The SMILES string of the molecule is COc1ccc(C(=O)C2=C(O)C(=O)N(CCc3ccc(F)cc3)C2c2ccccc2OC)cc1. The zero-order chi connectivity index (χ0) is 24.2. The molecule has 34 heavy (non-hydrogen) atoms.